The van der Waals surface area contributed by atoms with E-state index >= 15 is 0 Å². The molecule has 0 fully saturated rings. The maximum absolute atomic E-state index is 12.0. The molecule has 22 heavy (non-hydrogen) atoms. The van der Waals surface area contributed by atoms with Crippen molar-refractivity contribution < 1.29 is 9.90 Å². The number of hydrogen-bond acceptors (Lipinski definition) is 3. The van der Waals surface area contributed by atoms with Crippen LogP contribution in [0, 0.1) is 0 Å². The molecule has 0 radical (unpaired) electrons. The van der Waals surface area contributed by atoms with Crippen molar-refractivity contribution in [1.29, 1.82) is 0 Å². The molecule has 0 aliphatic rings. The van der Waals surface area contributed by atoms with E-state index < -0.39 is 6.10 Å². The molecule has 0 saturated heterocycles. The molecule has 4 nitrogen and oxygen atoms in total. The van der Waals surface area contributed by atoms with Crippen LogP contribution in [-0.2, 0) is 0 Å². The molecular weight excluding hydrogens is 344 g/mol. The number of nitrogens with zero attached hydrogens (tertiary/aromatic N) is 1. The summed E-state index contributed by atoms with van der Waals surface area (Å²) in [7, 11) is 3.92. The molecule has 0 aliphatic heterocycles. The number of rotatable bonds is 5. The van der Waals surface area contributed by atoms with Gasteiger partial charge in [-0.15, -0.1) is 0 Å². The second-order valence-electron chi connectivity index (χ2n) is 5.22. The molecule has 5 heteroatoms. The van der Waals surface area contributed by atoms with Gasteiger partial charge in [0.1, 0.15) is 0 Å². The van der Waals surface area contributed by atoms with Gasteiger partial charge in [0.25, 0.3) is 5.91 Å². The van der Waals surface area contributed by atoms with Gasteiger partial charge in [-0.2, -0.15) is 0 Å². The average Bonchev–Trinajstić information content (AvgIpc) is 2.53. The van der Waals surface area contributed by atoms with Gasteiger partial charge >= 0.3 is 0 Å². The third-order valence-corrected chi connectivity index (χ3v) is 3.89. The van der Waals surface area contributed by atoms with Gasteiger partial charge in [-0.1, -0.05) is 28.1 Å². The number of nitrogens with one attached hydrogen (secondary N) is 1. The fourth-order valence-corrected chi connectivity index (χ4v) is 2.27. The molecule has 2 aromatic carbocycles. The minimum atomic E-state index is -0.726. The zero-order valence-corrected chi connectivity index (χ0v) is 14.2. The summed E-state index contributed by atoms with van der Waals surface area (Å²) in [6, 6.07) is 14.7. The van der Waals surface area contributed by atoms with Gasteiger partial charge in [-0.25, -0.2) is 0 Å². The molecule has 0 saturated carbocycles. The minimum absolute atomic E-state index is 0.177. The Balaban J connectivity index is 1.93. The molecular formula is C17H19BrN2O2. The Kier molecular flexibility index (Phi) is 5.57. The van der Waals surface area contributed by atoms with Gasteiger partial charge in [0.2, 0.25) is 0 Å². The number of aliphatic hydroxyl groups is 1. The van der Waals surface area contributed by atoms with E-state index in [1.165, 1.54) is 0 Å². The molecule has 0 aromatic heterocycles. The summed E-state index contributed by atoms with van der Waals surface area (Å²) in [5.74, 6) is -0.198. The molecule has 2 rings (SSSR count). The van der Waals surface area contributed by atoms with Gasteiger partial charge in [-0.05, 0) is 42.0 Å². The van der Waals surface area contributed by atoms with Gasteiger partial charge in [0.05, 0.1) is 6.10 Å². The van der Waals surface area contributed by atoms with Crippen LogP contribution in [0.15, 0.2) is 53.0 Å². The normalized spacial score (nSPS) is 11.8. The lowest BCUT2D eigenvalue weighted by atomic mass is 10.1. The van der Waals surface area contributed by atoms with E-state index in [0.29, 0.717) is 5.56 Å². The molecule has 1 atom stereocenters. The number of aliphatic hydroxyl groups excluding tert-OH is 1. The van der Waals surface area contributed by atoms with Gasteiger partial charge in [-0.3, -0.25) is 4.79 Å². The van der Waals surface area contributed by atoms with E-state index in [9.17, 15) is 9.90 Å². The molecule has 2 N–H and O–H groups in total. The van der Waals surface area contributed by atoms with Crippen molar-refractivity contribution in [1.82, 2.24) is 5.32 Å². The summed E-state index contributed by atoms with van der Waals surface area (Å²) < 4.78 is 0.921. The van der Waals surface area contributed by atoms with Crippen molar-refractivity contribution in [3.63, 3.8) is 0 Å². The third-order valence-electron chi connectivity index (χ3n) is 3.36. The summed E-state index contributed by atoms with van der Waals surface area (Å²) in [4.78, 5) is 14.0. The highest BCUT2D eigenvalue weighted by Gasteiger charge is 2.11. The Bertz CT molecular complexity index is 624. The minimum Gasteiger partial charge on any atom is -0.387 e. The van der Waals surface area contributed by atoms with Crippen LogP contribution in [0.2, 0.25) is 0 Å². The van der Waals surface area contributed by atoms with E-state index in [2.05, 4.69) is 21.2 Å². The maximum atomic E-state index is 12.0. The standard InChI is InChI=1S/C17H19BrN2O2/c1-20(2)15-9-5-12(6-10-15)16(21)11-19-17(22)13-3-7-14(18)8-4-13/h3-10,16,21H,11H2,1-2H3,(H,19,22). The van der Waals surface area contributed by atoms with Crippen LogP contribution in [0.25, 0.3) is 0 Å². The van der Waals surface area contributed by atoms with Crippen LogP contribution in [-0.4, -0.2) is 31.7 Å². The van der Waals surface area contributed by atoms with Crippen molar-refractivity contribution in [3.05, 3.63) is 64.1 Å². The first-order valence-electron chi connectivity index (χ1n) is 6.96. The van der Waals surface area contributed by atoms with Crippen LogP contribution >= 0.6 is 15.9 Å². The second kappa shape index (κ2) is 7.42. The highest BCUT2D eigenvalue weighted by Crippen LogP contribution is 2.17. The van der Waals surface area contributed by atoms with Crippen molar-refractivity contribution in [2.24, 2.45) is 0 Å². The van der Waals surface area contributed by atoms with Gasteiger partial charge in [0, 0.05) is 36.4 Å². The highest BCUT2D eigenvalue weighted by atomic mass is 79.9. The number of amides is 1. The van der Waals surface area contributed by atoms with Crippen molar-refractivity contribution in [3.8, 4) is 0 Å². The largest absolute Gasteiger partial charge is 0.387 e. The number of anilines is 1. The predicted octanol–water partition coefficient (Wildman–Crippen LogP) is 2.98. The Labute approximate surface area is 138 Å². The molecule has 1 amide bonds. The SMILES string of the molecule is CN(C)c1ccc(C(O)CNC(=O)c2ccc(Br)cc2)cc1. The number of carbonyl (C=O) groups is 1. The highest BCUT2D eigenvalue weighted by molar-refractivity contribution is 9.10. The Morgan fingerprint density at radius 3 is 2.27 bits per heavy atom. The average molecular weight is 363 g/mol. The van der Waals surface area contributed by atoms with Crippen LogP contribution in [0.3, 0.4) is 0 Å². The summed E-state index contributed by atoms with van der Waals surface area (Å²) in [5.41, 5.74) is 2.41. The number of carbonyl (C=O) groups excluding carboxylic acids is 1. The Morgan fingerprint density at radius 1 is 1.14 bits per heavy atom. The Morgan fingerprint density at radius 2 is 1.73 bits per heavy atom. The zero-order valence-electron chi connectivity index (χ0n) is 12.6. The lowest BCUT2D eigenvalue weighted by Gasteiger charge is -2.15. The fourth-order valence-electron chi connectivity index (χ4n) is 2.01. The van der Waals surface area contributed by atoms with E-state index in [0.717, 1.165) is 15.7 Å². The number of halogens is 1. The smallest absolute Gasteiger partial charge is 0.251 e. The third kappa shape index (κ3) is 4.32. The molecule has 116 valence electrons. The lowest BCUT2D eigenvalue weighted by Crippen LogP contribution is -2.28. The van der Waals surface area contributed by atoms with E-state index in [4.69, 9.17) is 0 Å². The van der Waals surface area contributed by atoms with Crippen LogP contribution in [0.1, 0.15) is 22.0 Å². The van der Waals surface area contributed by atoms with Crippen LogP contribution in [0.5, 0.6) is 0 Å². The quantitative estimate of drug-likeness (QED) is 0.859. The Hall–Kier alpha value is -1.85. The van der Waals surface area contributed by atoms with Gasteiger partial charge in [0.15, 0.2) is 0 Å². The number of hydrogen-bond donors (Lipinski definition) is 2. The van der Waals surface area contributed by atoms with Gasteiger partial charge < -0.3 is 15.3 Å². The van der Waals surface area contributed by atoms with Crippen molar-refractivity contribution in [2.45, 2.75) is 6.10 Å². The molecule has 1 unspecified atom stereocenters. The topological polar surface area (TPSA) is 52.6 Å². The molecule has 0 aliphatic carbocycles. The monoisotopic (exact) mass is 362 g/mol. The van der Waals surface area contributed by atoms with Crippen LogP contribution < -0.4 is 10.2 Å². The van der Waals surface area contributed by atoms with E-state index in [-0.39, 0.29) is 12.5 Å². The summed E-state index contributed by atoms with van der Waals surface area (Å²) in [6.45, 7) is 0.177. The summed E-state index contributed by atoms with van der Waals surface area (Å²) in [6.07, 6.45) is -0.726. The summed E-state index contributed by atoms with van der Waals surface area (Å²) >= 11 is 3.33. The summed E-state index contributed by atoms with van der Waals surface area (Å²) in [5, 5.41) is 12.9. The van der Waals surface area contributed by atoms with Crippen molar-refractivity contribution in [2.75, 3.05) is 25.5 Å². The van der Waals surface area contributed by atoms with Crippen molar-refractivity contribution >= 4 is 27.5 Å². The molecule has 0 bridgehead atoms. The first-order chi connectivity index (χ1) is 10.5. The molecule has 0 spiro atoms. The second-order valence-corrected chi connectivity index (χ2v) is 6.13. The first kappa shape index (κ1) is 16.5. The van der Waals surface area contributed by atoms with E-state index in [1.54, 1.807) is 12.1 Å². The fraction of sp³-hybridized carbons (Fsp3) is 0.235. The van der Waals surface area contributed by atoms with E-state index in [1.807, 2.05) is 55.4 Å². The molecule has 2 aromatic rings. The predicted molar refractivity (Wildman–Crippen MR) is 92.2 cm³/mol. The molecule has 0 heterocycles. The lowest BCUT2D eigenvalue weighted by molar-refractivity contribution is 0.0916. The number of benzene rings is 2. The zero-order chi connectivity index (χ0) is 16.1. The van der Waals surface area contributed by atoms with Crippen LogP contribution in [0.4, 0.5) is 5.69 Å². The maximum Gasteiger partial charge on any atom is 0.251 e. The first-order valence-corrected chi connectivity index (χ1v) is 7.76.